The molecule has 98 valence electrons. The van der Waals surface area contributed by atoms with Gasteiger partial charge >= 0.3 is 0 Å². The molecule has 1 aliphatic heterocycles. The van der Waals surface area contributed by atoms with E-state index in [1.54, 1.807) is 0 Å². The molecule has 1 aliphatic rings. The normalized spacial score (nSPS) is 19.1. The van der Waals surface area contributed by atoms with Gasteiger partial charge in [-0.2, -0.15) is 0 Å². The predicted octanol–water partition coefficient (Wildman–Crippen LogP) is 3.50. The van der Waals surface area contributed by atoms with Gasteiger partial charge in [-0.15, -0.1) is 0 Å². The highest BCUT2D eigenvalue weighted by Crippen LogP contribution is 2.29. The Balaban J connectivity index is 1.89. The van der Waals surface area contributed by atoms with Crippen LogP contribution >= 0.6 is 0 Å². The van der Waals surface area contributed by atoms with Gasteiger partial charge in [0.1, 0.15) is 12.2 Å². The van der Waals surface area contributed by atoms with Crippen molar-refractivity contribution in [2.75, 3.05) is 13.2 Å². The monoisotopic (exact) mass is 254 g/mol. The third-order valence-corrected chi connectivity index (χ3v) is 3.42. The average Bonchev–Trinajstić information content (AvgIpc) is 3.26. The maximum Gasteiger partial charge on any atom is 0.108 e. The lowest BCUT2D eigenvalue weighted by Crippen LogP contribution is -2.11. The molecule has 0 N–H and O–H groups in total. The molecular formula is C17H18O2. The molecule has 0 saturated carbocycles. The molecule has 2 aromatic rings. The van der Waals surface area contributed by atoms with Gasteiger partial charge in [-0.05, 0) is 23.6 Å². The van der Waals surface area contributed by atoms with Crippen LogP contribution in [-0.4, -0.2) is 19.3 Å². The highest BCUT2D eigenvalue weighted by Gasteiger charge is 2.25. The van der Waals surface area contributed by atoms with Crippen LogP contribution in [-0.2, 0) is 9.47 Å². The molecule has 2 aromatic carbocycles. The number of hydrogen-bond donors (Lipinski definition) is 0. The second-order valence-electron chi connectivity index (χ2n) is 4.94. The first kappa shape index (κ1) is 12.4. The maximum atomic E-state index is 6.09. The van der Waals surface area contributed by atoms with Crippen molar-refractivity contribution in [3.05, 3.63) is 71.3 Å². The Labute approximate surface area is 114 Å². The molecule has 2 atom stereocenters. The summed E-state index contributed by atoms with van der Waals surface area (Å²) >= 11 is 0. The molecule has 2 nitrogen and oxygen atoms in total. The zero-order chi connectivity index (χ0) is 13.1. The fraction of sp³-hybridized carbons (Fsp3) is 0.294. The minimum absolute atomic E-state index is 0.00778. The van der Waals surface area contributed by atoms with Gasteiger partial charge in [-0.3, -0.25) is 0 Å². The van der Waals surface area contributed by atoms with E-state index in [4.69, 9.17) is 9.47 Å². The van der Waals surface area contributed by atoms with Gasteiger partial charge in [-0.1, -0.05) is 54.6 Å². The van der Waals surface area contributed by atoms with Gasteiger partial charge < -0.3 is 9.47 Å². The van der Waals surface area contributed by atoms with Crippen LogP contribution in [0.25, 0.3) is 0 Å². The van der Waals surface area contributed by atoms with Crippen molar-refractivity contribution in [1.29, 1.82) is 0 Å². The number of hydrogen-bond acceptors (Lipinski definition) is 2. The van der Waals surface area contributed by atoms with E-state index < -0.39 is 0 Å². The van der Waals surface area contributed by atoms with Crippen LogP contribution < -0.4 is 0 Å². The van der Waals surface area contributed by atoms with E-state index in [1.807, 2.05) is 6.07 Å². The first-order chi connectivity index (χ1) is 9.34. The predicted molar refractivity (Wildman–Crippen MR) is 75.2 cm³/mol. The summed E-state index contributed by atoms with van der Waals surface area (Å²) in [5.74, 6) is 0. The Bertz CT molecular complexity index is 532. The molecule has 0 amide bonds. The molecule has 0 spiro atoms. The molecule has 1 fully saturated rings. The zero-order valence-corrected chi connectivity index (χ0v) is 11.1. The summed E-state index contributed by atoms with van der Waals surface area (Å²) in [6.45, 7) is 3.62. The molecule has 2 heteroatoms. The molecule has 0 aromatic heterocycles. The van der Waals surface area contributed by atoms with E-state index in [0.29, 0.717) is 6.61 Å². The van der Waals surface area contributed by atoms with Crippen LogP contribution in [0, 0.1) is 6.92 Å². The van der Waals surface area contributed by atoms with Crippen LogP contribution in [0.15, 0.2) is 54.6 Å². The minimum Gasteiger partial charge on any atom is -0.371 e. The van der Waals surface area contributed by atoms with Gasteiger partial charge in [0.25, 0.3) is 0 Å². The Morgan fingerprint density at radius 3 is 2.47 bits per heavy atom. The van der Waals surface area contributed by atoms with Crippen LogP contribution in [0.3, 0.4) is 0 Å². The van der Waals surface area contributed by atoms with Gasteiger partial charge in [0.2, 0.25) is 0 Å². The highest BCUT2D eigenvalue weighted by atomic mass is 16.6. The standard InChI is InChI=1S/C17H18O2/c1-13-7-5-6-10-16(13)17(19-12-15-11-18-15)14-8-3-2-4-9-14/h2-10,15,17H,11-12H2,1H3. The lowest BCUT2D eigenvalue weighted by molar-refractivity contribution is 0.0668. The van der Waals surface area contributed by atoms with Crippen molar-refractivity contribution in [1.82, 2.24) is 0 Å². The summed E-state index contributed by atoms with van der Waals surface area (Å²) in [4.78, 5) is 0. The average molecular weight is 254 g/mol. The topological polar surface area (TPSA) is 21.8 Å². The van der Waals surface area contributed by atoms with Crippen molar-refractivity contribution in [2.45, 2.75) is 19.1 Å². The van der Waals surface area contributed by atoms with Crippen LogP contribution in [0.2, 0.25) is 0 Å². The fourth-order valence-corrected chi connectivity index (χ4v) is 2.24. The zero-order valence-electron chi connectivity index (χ0n) is 11.1. The lowest BCUT2D eigenvalue weighted by Gasteiger charge is -2.20. The largest absolute Gasteiger partial charge is 0.371 e. The molecule has 0 bridgehead atoms. The van der Waals surface area contributed by atoms with Gasteiger partial charge in [-0.25, -0.2) is 0 Å². The fourth-order valence-electron chi connectivity index (χ4n) is 2.24. The second kappa shape index (κ2) is 5.55. The van der Waals surface area contributed by atoms with Crippen molar-refractivity contribution in [3.63, 3.8) is 0 Å². The Morgan fingerprint density at radius 2 is 1.79 bits per heavy atom. The molecule has 2 unspecified atom stereocenters. The maximum absolute atomic E-state index is 6.09. The smallest absolute Gasteiger partial charge is 0.108 e. The first-order valence-electron chi connectivity index (χ1n) is 6.68. The number of benzene rings is 2. The number of aryl methyl sites for hydroxylation is 1. The minimum atomic E-state index is -0.00778. The summed E-state index contributed by atoms with van der Waals surface area (Å²) in [6, 6.07) is 18.8. The Hall–Kier alpha value is -1.64. The lowest BCUT2D eigenvalue weighted by atomic mass is 9.97. The van der Waals surface area contributed by atoms with E-state index in [1.165, 1.54) is 16.7 Å². The SMILES string of the molecule is Cc1ccccc1C(OCC1CO1)c1ccccc1. The first-order valence-corrected chi connectivity index (χ1v) is 6.68. The van der Waals surface area contributed by atoms with Crippen molar-refractivity contribution in [3.8, 4) is 0 Å². The van der Waals surface area contributed by atoms with E-state index >= 15 is 0 Å². The summed E-state index contributed by atoms with van der Waals surface area (Å²) in [7, 11) is 0. The van der Waals surface area contributed by atoms with Gasteiger partial charge in [0.15, 0.2) is 0 Å². The molecule has 1 heterocycles. The van der Waals surface area contributed by atoms with Crippen molar-refractivity contribution >= 4 is 0 Å². The van der Waals surface area contributed by atoms with Crippen molar-refractivity contribution < 1.29 is 9.47 Å². The molecule has 1 saturated heterocycles. The molecular weight excluding hydrogens is 236 g/mol. The molecule has 0 radical (unpaired) electrons. The van der Waals surface area contributed by atoms with E-state index in [2.05, 4.69) is 55.5 Å². The third-order valence-electron chi connectivity index (χ3n) is 3.42. The highest BCUT2D eigenvalue weighted by molar-refractivity contribution is 5.35. The Kier molecular flexibility index (Phi) is 3.62. The molecule has 19 heavy (non-hydrogen) atoms. The second-order valence-corrected chi connectivity index (χ2v) is 4.94. The summed E-state index contributed by atoms with van der Waals surface area (Å²) in [5, 5.41) is 0. The number of epoxide rings is 1. The summed E-state index contributed by atoms with van der Waals surface area (Å²) < 4.78 is 11.3. The van der Waals surface area contributed by atoms with E-state index in [0.717, 1.165) is 6.61 Å². The summed E-state index contributed by atoms with van der Waals surface area (Å²) in [5.41, 5.74) is 3.68. The van der Waals surface area contributed by atoms with Crippen molar-refractivity contribution in [2.24, 2.45) is 0 Å². The van der Waals surface area contributed by atoms with Crippen LogP contribution in [0.4, 0.5) is 0 Å². The van der Waals surface area contributed by atoms with Gasteiger partial charge in [0, 0.05) is 0 Å². The Morgan fingerprint density at radius 1 is 1.11 bits per heavy atom. The van der Waals surface area contributed by atoms with Gasteiger partial charge in [0.05, 0.1) is 13.2 Å². The van der Waals surface area contributed by atoms with E-state index in [-0.39, 0.29) is 12.2 Å². The number of ether oxygens (including phenoxy) is 2. The number of rotatable bonds is 5. The quantitative estimate of drug-likeness (QED) is 0.762. The van der Waals surface area contributed by atoms with Crippen LogP contribution in [0.5, 0.6) is 0 Å². The molecule has 3 rings (SSSR count). The third kappa shape index (κ3) is 3.03. The van der Waals surface area contributed by atoms with Crippen LogP contribution in [0.1, 0.15) is 22.8 Å². The molecule has 0 aliphatic carbocycles. The summed E-state index contributed by atoms with van der Waals surface area (Å²) in [6.07, 6.45) is 0.279. The van der Waals surface area contributed by atoms with E-state index in [9.17, 15) is 0 Å².